The van der Waals surface area contributed by atoms with Crippen molar-refractivity contribution >= 4 is 15.7 Å². The highest BCUT2D eigenvalue weighted by Crippen LogP contribution is 2.37. The minimum absolute atomic E-state index is 0.0163. The molecule has 0 bridgehead atoms. The summed E-state index contributed by atoms with van der Waals surface area (Å²) in [6.07, 6.45) is 2.19. The standard InChI is InChI=1S/C13H24N2O3S/c1-13(2,3)14-12(16)8-15-6-7-19(17,18)9-11(15)10-4-5-10/h10-11H,4-9H2,1-3H3,(H,14,16). The summed E-state index contributed by atoms with van der Waals surface area (Å²) in [5, 5.41) is 2.94. The first-order valence-corrected chi connectivity index (χ1v) is 8.74. The van der Waals surface area contributed by atoms with Crippen LogP contribution in [0.2, 0.25) is 0 Å². The molecule has 0 aromatic carbocycles. The monoisotopic (exact) mass is 288 g/mol. The first kappa shape index (κ1) is 14.8. The first-order chi connectivity index (χ1) is 8.66. The largest absolute Gasteiger partial charge is 0.350 e. The summed E-state index contributed by atoms with van der Waals surface area (Å²) in [5.74, 6) is 0.856. The normalized spacial score (nSPS) is 28.1. The van der Waals surface area contributed by atoms with Crippen molar-refractivity contribution in [2.24, 2.45) is 5.92 Å². The van der Waals surface area contributed by atoms with Gasteiger partial charge in [-0.05, 0) is 39.5 Å². The summed E-state index contributed by atoms with van der Waals surface area (Å²) in [6, 6.07) is 0.0458. The van der Waals surface area contributed by atoms with E-state index in [1.54, 1.807) is 0 Å². The smallest absolute Gasteiger partial charge is 0.234 e. The van der Waals surface area contributed by atoms with Gasteiger partial charge >= 0.3 is 0 Å². The number of amides is 1. The van der Waals surface area contributed by atoms with Gasteiger partial charge in [0.1, 0.15) is 0 Å². The second-order valence-corrected chi connectivity index (χ2v) is 9.02. The maximum atomic E-state index is 12.0. The highest BCUT2D eigenvalue weighted by molar-refractivity contribution is 7.91. The van der Waals surface area contributed by atoms with E-state index in [1.165, 1.54) is 0 Å². The number of rotatable bonds is 3. The van der Waals surface area contributed by atoms with Gasteiger partial charge in [-0.3, -0.25) is 9.69 Å². The molecule has 5 nitrogen and oxygen atoms in total. The number of nitrogens with zero attached hydrogens (tertiary/aromatic N) is 1. The summed E-state index contributed by atoms with van der Waals surface area (Å²) in [7, 11) is -2.91. The highest BCUT2D eigenvalue weighted by atomic mass is 32.2. The number of nitrogens with one attached hydrogen (secondary N) is 1. The molecule has 1 aliphatic heterocycles. The van der Waals surface area contributed by atoms with Crippen LogP contribution >= 0.6 is 0 Å². The Morgan fingerprint density at radius 1 is 1.32 bits per heavy atom. The fourth-order valence-corrected chi connectivity index (χ4v) is 4.31. The number of carbonyl (C=O) groups excluding carboxylic acids is 1. The van der Waals surface area contributed by atoms with Gasteiger partial charge in [-0.15, -0.1) is 0 Å². The Kier molecular flexibility index (Phi) is 3.93. The van der Waals surface area contributed by atoms with E-state index in [4.69, 9.17) is 0 Å². The van der Waals surface area contributed by atoms with Gasteiger partial charge in [-0.25, -0.2) is 8.42 Å². The fraction of sp³-hybridized carbons (Fsp3) is 0.923. The predicted molar refractivity (Wildman–Crippen MR) is 74.6 cm³/mol. The molecule has 2 rings (SSSR count). The second-order valence-electron chi connectivity index (χ2n) is 6.79. The van der Waals surface area contributed by atoms with Crippen LogP contribution in [0.25, 0.3) is 0 Å². The number of sulfone groups is 1. The van der Waals surface area contributed by atoms with Crippen molar-refractivity contribution < 1.29 is 13.2 Å². The molecule has 1 aliphatic carbocycles. The van der Waals surface area contributed by atoms with E-state index in [-0.39, 0.29) is 29.0 Å². The van der Waals surface area contributed by atoms with Crippen LogP contribution in [0.1, 0.15) is 33.6 Å². The molecule has 0 radical (unpaired) electrons. The van der Waals surface area contributed by atoms with Crippen LogP contribution in [0.5, 0.6) is 0 Å². The van der Waals surface area contributed by atoms with E-state index >= 15 is 0 Å². The Morgan fingerprint density at radius 2 is 1.95 bits per heavy atom. The molecule has 1 atom stereocenters. The molecule has 1 amide bonds. The van der Waals surface area contributed by atoms with Gasteiger partial charge in [-0.1, -0.05) is 0 Å². The molecule has 110 valence electrons. The summed E-state index contributed by atoms with van der Waals surface area (Å²) >= 11 is 0. The van der Waals surface area contributed by atoms with E-state index < -0.39 is 9.84 Å². The summed E-state index contributed by atoms with van der Waals surface area (Å²) < 4.78 is 23.5. The van der Waals surface area contributed by atoms with Crippen LogP contribution in [-0.2, 0) is 14.6 Å². The average Bonchev–Trinajstić information content (AvgIpc) is 3.01. The summed E-state index contributed by atoms with van der Waals surface area (Å²) in [5.41, 5.74) is -0.242. The molecular weight excluding hydrogens is 264 g/mol. The minimum Gasteiger partial charge on any atom is -0.350 e. The zero-order valence-electron chi connectivity index (χ0n) is 12.0. The first-order valence-electron chi connectivity index (χ1n) is 6.92. The lowest BCUT2D eigenvalue weighted by molar-refractivity contribution is -0.124. The predicted octanol–water partition coefficient (Wildman–Crippen LogP) is 0.410. The Bertz CT molecular complexity index is 449. The molecule has 19 heavy (non-hydrogen) atoms. The Hall–Kier alpha value is -0.620. The average molecular weight is 288 g/mol. The van der Waals surface area contributed by atoms with E-state index in [2.05, 4.69) is 10.2 Å². The fourth-order valence-electron chi connectivity index (χ4n) is 2.62. The van der Waals surface area contributed by atoms with E-state index in [9.17, 15) is 13.2 Å². The van der Waals surface area contributed by atoms with Gasteiger partial charge in [0.05, 0.1) is 18.1 Å². The molecule has 2 fully saturated rings. The number of carbonyl (C=O) groups is 1. The maximum absolute atomic E-state index is 12.0. The number of hydrogen-bond donors (Lipinski definition) is 1. The van der Waals surface area contributed by atoms with Crippen molar-refractivity contribution in [2.45, 2.75) is 45.2 Å². The van der Waals surface area contributed by atoms with Gasteiger partial charge in [0.2, 0.25) is 5.91 Å². The van der Waals surface area contributed by atoms with Crippen molar-refractivity contribution in [1.82, 2.24) is 10.2 Å². The molecule has 1 heterocycles. The highest BCUT2D eigenvalue weighted by Gasteiger charge is 2.41. The van der Waals surface area contributed by atoms with E-state index in [0.29, 0.717) is 19.0 Å². The molecular formula is C13H24N2O3S. The molecule has 0 spiro atoms. The van der Waals surface area contributed by atoms with E-state index in [1.807, 2.05) is 20.8 Å². The second kappa shape index (κ2) is 5.05. The SMILES string of the molecule is CC(C)(C)NC(=O)CN1CCS(=O)(=O)CC1C1CC1. The molecule has 1 saturated heterocycles. The van der Waals surface area contributed by atoms with E-state index in [0.717, 1.165) is 12.8 Å². The van der Waals surface area contributed by atoms with Crippen LogP contribution in [0.4, 0.5) is 0 Å². The summed E-state index contributed by atoms with van der Waals surface area (Å²) in [6.45, 7) is 6.65. The third-order valence-electron chi connectivity index (χ3n) is 3.61. The zero-order valence-corrected chi connectivity index (χ0v) is 12.8. The molecule has 0 aromatic rings. The van der Waals surface area contributed by atoms with Crippen LogP contribution in [-0.4, -0.2) is 55.4 Å². The lowest BCUT2D eigenvalue weighted by Crippen LogP contribution is -2.54. The molecule has 1 saturated carbocycles. The molecule has 2 aliphatic rings. The molecule has 6 heteroatoms. The quantitative estimate of drug-likeness (QED) is 0.817. The molecule has 1 N–H and O–H groups in total. The Morgan fingerprint density at radius 3 is 2.47 bits per heavy atom. The van der Waals surface area contributed by atoms with Gasteiger partial charge in [0, 0.05) is 18.1 Å². The third-order valence-corrected chi connectivity index (χ3v) is 5.26. The van der Waals surface area contributed by atoms with Crippen molar-refractivity contribution in [3.8, 4) is 0 Å². The van der Waals surface area contributed by atoms with Crippen LogP contribution in [0, 0.1) is 5.92 Å². The Balaban J connectivity index is 1.97. The lowest BCUT2D eigenvalue weighted by Gasteiger charge is -2.35. The van der Waals surface area contributed by atoms with Gasteiger partial charge in [0.25, 0.3) is 0 Å². The van der Waals surface area contributed by atoms with Crippen molar-refractivity contribution in [2.75, 3.05) is 24.6 Å². The van der Waals surface area contributed by atoms with Gasteiger partial charge in [0.15, 0.2) is 9.84 Å². The van der Waals surface area contributed by atoms with Crippen LogP contribution in [0.3, 0.4) is 0 Å². The van der Waals surface area contributed by atoms with Gasteiger partial charge < -0.3 is 5.32 Å². The zero-order chi connectivity index (χ0) is 14.3. The van der Waals surface area contributed by atoms with Crippen molar-refractivity contribution in [3.63, 3.8) is 0 Å². The van der Waals surface area contributed by atoms with Crippen LogP contribution < -0.4 is 5.32 Å². The lowest BCUT2D eigenvalue weighted by atomic mass is 10.1. The van der Waals surface area contributed by atoms with Crippen molar-refractivity contribution in [3.05, 3.63) is 0 Å². The Labute approximate surface area is 115 Å². The summed E-state index contributed by atoms with van der Waals surface area (Å²) in [4.78, 5) is 14.0. The molecule has 0 aromatic heterocycles. The molecule has 1 unspecified atom stereocenters. The topological polar surface area (TPSA) is 66.5 Å². The van der Waals surface area contributed by atoms with Crippen LogP contribution in [0.15, 0.2) is 0 Å². The third kappa shape index (κ3) is 4.45. The van der Waals surface area contributed by atoms with Gasteiger partial charge in [-0.2, -0.15) is 0 Å². The maximum Gasteiger partial charge on any atom is 0.234 e. The minimum atomic E-state index is -2.91. The van der Waals surface area contributed by atoms with Crippen molar-refractivity contribution in [1.29, 1.82) is 0 Å². The number of hydrogen-bond acceptors (Lipinski definition) is 4.